The number of thiophene rings is 2. The molecule has 1 amide bonds. The normalized spacial score (nSPS) is 10.8. The number of amides is 1. The molecule has 0 atom stereocenters. The zero-order valence-electron chi connectivity index (χ0n) is 11.0. The van der Waals surface area contributed by atoms with Gasteiger partial charge in [0.1, 0.15) is 4.88 Å². The van der Waals surface area contributed by atoms with E-state index in [1.807, 2.05) is 36.6 Å². The second kappa shape index (κ2) is 5.26. The van der Waals surface area contributed by atoms with E-state index < -0.39 is 0 Å². The van der Waals surface area contributed by atoms with Crippen LogP contribution in [-0.2, 0) is 6.54 Å². The molecule has 2 aromatic heterocycles. The van der Waals surface area contributed by atoms with Gasteiger partial charge in [-0.15, -0.1) is 22.7 Å². The van der Waals surface area contributed by atoms with Crippen molar-refractivity contribution in [1.29, 1.82) is 0 Å². The summed E-state index contributed by atoms with van der Waals surface area (Å²) in [5, 5.41) is 5.88. The molecular formula is C15H14N2OS2. The van der Waals surface area contributed by atoms with E-state index in [4.69, 9.17) is 5.73 Å². The van der Waals surface area contributed by atoms with E-state index in [0.717, 1.165) is 15.0 Å². The molecule has 0 fully saturated rings. The summed E-state index contributed by atoms with van der Waals surface area (Å²) in [6.07, 6.45) is 0. The van der Waals surface area contributed by atoms with Gasteiger partial charge in [-0.2, -0.15) is 0 Å². The number of hydrogen-bond donors (Lipinski definition) is 2. The van der Waals surface area contributed by atoms with E-state index >= 15 is 0 Å². The first-order chi connectivity index (χ1) is 9.65. The standard InChI is InChI=1S/C15H14N2OS2/c1-9-4-5-11-12(7-9)20-14(13(11)16)15(18)17-8-10-3-2-6-19-10/h2-7H,8,16H2,1H3,(H,17,18). The van der Waals surface area contributed by atoms with E-state index in [-0.39, 0.29) is 5.91 Å². The average Bonchev–Trinajstić information content (AvgIpc) is 3.04. The van der Waals surface area contributed by atoms with Crippen LogP contribution < -0.4 is 11.1 Å². The van der Waals surface area contributed by atoms with Crippen LogP contribution in [0.2, 0.25) is 0 Å². The number of hydrogen-bond acceptors (Lipinski definition) is 4. The molecule has 3 nitrogen and oxygen atoms in total. The maximum atomic E-state index is 12.2. The van der Waals surface area contributed by atoms with Crippen LogP contribution in [0, 0.1) is 6.92 Å². The third-order valence-corrected chi connectivity index (χ3v) is 5.14. The minimum atomic E-state index is -0.102. The van der Waals surface area contributed by atoms with Gasteiger partial charge in [-0.05, 0) is 30.0 Å². The van der Waals surface area contributed by atoms with Crippen LogP contribution in [0.3, 0.4) is 0 Å². The number of anilines is 1. The Hall–Kier alpha value is -1.85. The Balaban J connectivity index is 1.85. The predicted molar refractivity (Wildman–Crippen MR) is 86.5 cm³/mol. The maximum absolute atomic E-state index is 12.2. The number of nitrogen functional groups attached to an aromatic ring is 1. The number of nitrogens with one attached hydrogen (secondary N) is 1. The fraction of sp³-hybridized carbons (Fsp3) is 0.133. The van der Waals surface area contributed by atoms with Crippen molar-refractivity contribution >= 4 is 44.4 Å². The van der Waals surface area contributed by atoms with Gasteiger partial charge >= 0.3 is 0 Å². The minimum Gasteiger partial charge on any atom is -0.397 e. The van der Waals surface area contributed by atoms with Crippen LogP contribution in [-0.4, -0.2) is 5.91 Å². The lowest BCUT2D eigenvalue weighted by molar-refractivity contribution is 0.0956. The van der Waals surface area contributed by atoms with Crippen LogP contribution in [0.1, 0.15) is 20.1 Å². The first-order valence-corrected chi connectivity index (χ1v) is 7.94. The maximum Gasteiger partial charge on any atom is 0.263 e. The third-order valence-electron chi connectivity index (χ3n) is 3.09. The van der Waals surface area contributed by atoms with Crippen LogP contribution in [0.4, 0.5) is 5.69 Å². The fourth-order valence-electron chi connectivity index (χ4n) is 2.05. The molecule has 2 heterocycles. The Morgan fingerprint density at radius 3 is 2.95 bits per heavy atom. The van der Waals surface area contributed by atoms with Crippen LogP contribution >= 0.6 is 22.7 Å². The highest BCUT2D eigenvalue weighted by Gasteiger charge is 2.16. The van der Waals surface area contributed by atoms with Crippen molar-refractivity contribution in [2.24, 2.45) is 0 Å². The van der Waals surface area contributed by atoms with Gasteiger partial charge in [0.05, 0.1) is 12.2 Å². The molecule has 3 rings (SSSR count). The first kappa shape index (κ1) is 13.1. The molecule has 3 N–H and O–H groups in total. The van der Waals surface area contributed by atoms with Crippen LogP contribution in [0.5, 0.6) is 0 Å². The zero-order valence-corrected chi connectivity index (χ0v) is 12.6. The Bertz CT molecular complexity index is 760. The van der Waals surface area contributed by atoms with Gasteiger partial charge in [0.25, 0.3) is 5.91 Å². The van der Waals surface area contributed by atoms with E-state index in [0.29, 0.717) is 17.1 Å². The van der Waals surface area contributed by atoms with E-state index in [1.54, 1.807) is 11.3 Å². The second-order valence-electron chi connectivity index (χ2n) is 4.61. The molecule has 5 heteroatoms. The number of nitrogens with two attached hydrogens (primary N) is 1. The molecule has 0 unspecified atom stereocenters. The summed E-state index contributed by atoms with van der Waals surface area (Å²) in [6, 6.07) is 10.0. The van der Waals surface area contributed by atoms with Gasteiger partial charge in [-0.25, -0.2) is 0 Å². The highest BCUT2D eigenvalue weighted by Crippen LogP contribution is 2.34. The lowest BCUT2D eigenvalue weighted by Crippen LogP contribution is -2.22. The Kier molecular flexibility index (Phi) is 3.46. The van der Waals surface area contributed by atoms with Crippen molar-refractivity contribution in [2.45, 2.75) is 13.5 Å². The molecule has 20 heavy (non-hydrogen) atoms. The highest BCUT2D eigenvalue weighted by atomic mass is 32.1. The number of aryl methyl sites for hydroxylation is 1. The van der Waals surface area contributed by atoms with Gasteiger partial charge in [0.15, 0.2) is 0 Å². The molecule has 0 saturated carbocycles. The molecular weight excluding hydrogens is 288 g/mol. The van der Waals surface area contributed by atoms with Gasteiger partial charge in [-0.3, -0.25) is 4.79 Å². The average molecular weight is 302 g/mol. The number of carbonyl (C=O) groups is 1. The fourth-order valence-corrected chi connectivity index (χ4v) is 3.84. The Morgan fingerprint density at radius 1 is 1.35 bits per heavy atom. The van der Waals surface area contributed by atoms with E-state index in [2.05, 4.69) is 11.4 Å². The molecule has 3 aromatic rings. The number of carbonyl (C=O) groups excluding carboxylic acids is 1. The van der Waals surface area contributed by atoms with Crippen molar-refractivity contribution in [1.82, 2.24) is 5.32 Å². The lowest BCUT2D eigenvalue weighted by Gasteiger charge is -2.02. The zero-order chi connectivity index (χ0) is 14.1. The summed E-state index contributed by atoms with van der Waals surface area (Å²) >= 11 is 3.08. The molecule has 102 valence electrons. The summed E-state index contributed by atoms with van der Waals surface area (Å²) in [5.41, 5.74) is 7.84. The molecule has 0 aliphatic heterocycles. The summed E-state index contributed by atoms with van der Waals surface area (Å²) < 4.78 is 1.06. The third kappa shape index (κ3) is 2.42. The minimum absolute atomic E-state index is 0.102. The second-order valence-corrected chi connectivity index (χ2v) is 6.69. The first-order valence-electron chi connectivity index (χ1n) is 6.24. The molecule has 0 aliphatic rings. The molecule has 0 radical (unpaired) electrons. The molecule has 0 spiro atoms. The number of benzene rings is 1. The van der Waals surface area contributed by atoms with Crippen LogP contribution in [0.25, 0.3) is 10.1 Å². The summed E-state index contributed by atoms with van der Waals surface area (Å²) in [5.74, 6) is -0.102. The quantitative estimate of drug-likeness (QED) is 0.773. The molecule has 0 saturated heterocycles. The molecule has 0 aliphatic carbocycles. The van der Waals surface area contributed by atoms with Gasteiger partial charge < -0.3 is 11.1 Å². The molecule has 0 bridgehead atoms. The van der Waals surface area contributed by atoms with Crippen molar-refractivity contribution in [3.8, 4) is 0 Å². The summed E-state index contributed by atoms with van der Waals surface area (Å²) in [6.45, 7) is 2.58. The monoisotopic (exact) mass is 302 g/mol. The lowest BCUT2D eigenvalue weighted by atomic mass is 10.1. The van der Waals surface area contributed by atoms with Crippen molar-refractivity contribution < 1.29 is 4.79 Å². The van der Waals surface area contributed by atoms with Crippen molar-refractivity contribution in [2.75, 3.05) is 5.73 Å². The van der Waals surface area contributed by atoms with Crippen molar-refractivity contribution in [3.05, 3.63) is 51.0 Å². The predicted octanol–water partition coefficient (Wildman–Crippen LogP) is 3.78. The Morgan fingerprint density at radius 2 is 2.20 bits per heavy atom. The highest BCUT2D eigenvalue weighted by molar-refractivity contribution is 7.21. The van der Waals surface area contributed by atoms with Crippen molar-refractivity contribution in [3.63, 3.8) is 0 Å². The summed E-state index contributed by atoms with van der Waals surface area (Å²) in [7, 11) is 0. The summed E-state index contributed by atoms with van der Waals surface area (Å²) in [4.78, 5) is 14.0. The SMILES string of the molecule is Cc1ccc2c(N)c(C(=O)NCc3cccs3)sc2c1. The van der Waals surface area contributed by atoms with E-state index in [9.17, 15) is 4.79 Å². The topological polar surface area (TPSA) is 55.1 Å². The largest absolute Gasteiger partial charge is 0.397 e. The van der Waals surface area contributed by atoms with Crippen LogP contribution in [0.15, 0.2) is 35.7 Å². The smallest absolute Gasteiger partial charge is 0.263 e. The number of rotatable bonds is 3. The van der Waals surface area contributed by atoms with Gasteiger partial charge in [0, 0.05) is 15.0 Å². The van der Waals surface area contributed by atoms with Gasteiger partial charge in [-0.1, -0.05) is 18.2 Å². The van der Waals surface area contributed by atoms with E-state index in [1.165, 1.54) is 16.9 Å². The molecule has 1 aromatic carbocycles. The van der Waals surface area contributed by atoms with Gasteiger partial charge in [0.2, 0.25) is 0 Å². The number of fused-ring (bicyclic) bond motifs is 1. The Labute approximate surface area is 125 Å².